The van der Waals surface area contributed by atoms with Crippen LogP contribution in [0.1, 0.15) is 77.3 Å². The normalized spacial score (nSPS) is 43.9. The average molecular weight is 468 g/mol. The second-order valence-electron chi connectivity index (χ2n) is 13.8. The summed E-state index contributed by atoms with van der Waals surface area (Å²) in [7, 11) is 1.83. The number of hydrogen-bond donors (Lipinski definition) is 2. The lowest BCUT2D eigenvalue weighted by Gasteiger charge is -2.75. The molecule has 0 aromatic heterocycles. The van der Waals surface area contributed by atoms with Gasteiger partial charge in [0.15, 0.2) is 11.5 Å². The van der Waals surface area contributed by atoms with E-state index in [9.17, 15) is 10.2 Å². The van der Waals surface area contributed by atoms with Crippen LogP contribution in [0.15, 0.2) is 12.1 Å². The van der Waals surface area contributed by atoms with Crippen LogP contribution in [0.2, 0.25) is 0 Å². The fraction of sp³-hybridized carbons (Fsp3) is 0.793. The van der Waals surface area contributed by atoms with Crippen LogP contribution in [0.5, 0.6) is 11.5 Å². The molecule has 2 aliphatic heterocycles. The van der Waals surface area contributed by atoms with Gasteiger partial charge in [-0.2, -0.15) is 0 Å². The van der Waals surface area contributed by atoms with E-state index in [2.05, 4.69) is 31.7 Å². The molecule has 34 heavy (non-hydrogen) atoms. The van der Waals surface area contributed by atoms with E-state index in [-0.39, 0.29) is 34.0 Å². The van der Waals surface area contributed by atoms with Gasteiger partial charge in [-0.1, -0.05) is 26.8 Å². The molecular formula is C29H41NO4. The van der Waals surface area contributed by atoms with Crippen LogP contribution in [0.25, 0.3) is 0 Å². The predicted molar refractivity (Wildman–Crippen MR) is 130 cm³/mol. The minimum Gasteiger partial charge on any atom is -0.504 e. The highest BCUT2D eigenvalue weighted by Crippen LogP contribution is 2.78. The topological polar surface area (TPSA) is 62.2 Å². The van der Waals surface area contributed by atoms with E-state index in [1.165, 1.54) is 30.5 Å². The molecule has 8 rings (SSSR count). The van der Waals surface area contributed by atoms with Gasteiger partial charge in [-0.05, 0) is 81.4 Å². The van der Waals surface area contributed by atoms with Crippen molar-refractivity contribution in [3.8, 4) is 11.5 Å². The molecule has 186 valence electrons. The molecule has 4 bridgehead atoms. The molecule has 0 amide bonds. The molecule has 1 unspecified atom stereocenters. The van der Waals surface area contributed by atoms with Gasteiger partial charge >= 0.3 is 0 Å². The van der Waals surface area contributed by atoms with Crippen molar-refractivity contribution >= 4 is 0 Å². The Labute approximate surface area is 203 Å². The number of methoxy groups -OCH3 is 1. The molecule has 7 aliphatic rings. The molecule has 5 fully saturated rings. The first-order valence-corrected chi connectivity index (χ1v) is 13.6. The van der Waals surface area contributed by atoms with Crippen molar-refractivity contribution in [1.82, 2.24) is 4.90 Å². The summed E-state index contributed by atoms with van der Waals surface area (Å²) < 4.78 is 13.5. The van der Waals surface area contributed by atoms with Crippen molar-refractivity contribution in [2.75, 3.05) is 20.2 Å². The molecule has 5 heteroatoms. The Balaban J connectivity index is 1.47. The zero-order chi connectivity index (χ0) is 23.9. The second kappa shape index (κ2) is 6.33. The maximum atomic E-state index is 12.2. The molecule has 5 nitrogen and oxygen atoms in total. The van der Waals surface area contributed by atoms with Gasteiger partial charge in [-0.15, -0.1) is 0 Å². The first-order valence-electron chi connectivity index (χ1n) is 13.6. The van der Waals surface area contributed by atoms with E-state index in [1.807, 2.05) is 20.1 Å². The van der Waals surface area contributed by atoms with Gasteiger partial charge in [0.2, 0.25) is 0 Å². The third kappa shape index (κ3) is 2.25. The van der Waals surface area contributed by atoms with Crippen molar-refractivity contribution in [2.24, 2.45) is 22.7 Å². The lowest BCUT2D eigenvalue weighted by atomic mass is 9.33. The molecule has 7 atom stereocenters. The Morgan fingerprint density at radius 1 is 1.15 bits per heavy atom. The number of benzene rings is 1. The lowest BCUT2D eigenvalue weighted by Crippen LogP contribution is -2.83. The molecule has 4 saturated carbocycles. The van der Waals surface area contributed by atoms with Crippen molar-refractivity contribution in [1.29, 1.82) is 0 Å². The van der Waals surface area contributed by atoms with Crippen LogP contribution in [0.4, 0.5) is 0 Å². The van der Waals surface area contributed by atoms with Crippen LogP contribution < -0.4 is 4.74 Å². The summed E-state index contributed by atoms with van der Waals surface area (Å²) in [5.74, 6) is 1.80. The minimum atomic E-state index is -0.909. The molecule has 0 radical (unpaired) electrons. The van der Waals surface area contributed by atoms with Crippen LogP contribution in [-0.4, -0.2) is 58.7 Å². The minimum absolute atomic E-state index is 0.0294. The largest absolute Gasteiger partial charge is 0.504 e. The summed E-state index contributed by atoms with van der Waals surface area (Å²) >= 11 is 0. The standard InChI is InChI=1S/C29H41NO4/c1-25(2,3)26(4,32)20-15-27-10-11-29(20,33-5)24-28(27)12-13-30(16-17-6-7-17)21(27)14-18-8-9-19(31)23(34-24)22(18)28/h8-9,17,20-21,24,31-32H,6-7,10-16H2,1-5H3/t20-,21-,24?,26-,27-,28+,29+/m1/s1. The smallest absolute Gasteiger partial charge is 0.165 e. The van der Waals surface area contributed by atoms with Gasteiger partial charge in [0.1, 0.15) is 11.7 Å². The van der Waals surface area contributed by atoms with Gasteiger partial charge < -0.3 is 19.7 Å². The highest BCUT2D eigenvalue weighted by atomic mass is 16.6. The van der Waals surface area contributed by atoms with E-state index in [4.69, 9.17) is 9.47 Å². The second-order valence-corrected chi connectivity index (χ2v) is 13.8. The number of ether oxygens (including phenoxy) is 2. The van der Waals surface area contributed by atoms with Crippen molar-refractivity contribution < 1.29 is 19.7 Å². The Kier molecular flexibility index (Phi) is 4.08. The number of likely N-dealkylation sites (tertiary alicyclic amines) is 1. The summed E-state index contributed by atoms with van der Waals surface area (Å²) in [6, 6.07) is 4.46. The number of fused-ring (bicyclic) bond motifs is 2. The van der Waals surface area contributed by atoms with E-state index in [1.54, 1.807) is 0 Å². The zero-order valence-electron chi connectivity index (χ0n) is 21.5. The van der Waals surface area contributed by atoms with Crippen LogP contribution >= 0.6 is 0 Å². The van der Waals surface area contributed by atoms with Gasteiger partial charge in [0.25, 0.3) is 0 Å². The molecule has 1 saturated heterocycles. The van der Waals surface area contributed by atoms with E-state index in [0.29, 0.717) is 11.8 Å². The maximum Gasteiger partial charge on any atom is 0.165 e. The van der Waals surface area contributed by atoms with Crippen molar-refractivity contribution in [3.63, 3.8) is 0 Å². The first-order chi connectivity index (χ1) is 16.0. The Morgan fingerprint density at radius 3 is 2.59 bits per heavy atom. The summed E-state index contributed by atoms with van der Waals surface area (Å²) in [4.78, 5) is 2.82. The summed E-state index contributed by atoms with van der Waals surface area (Å²) in [6.45, 7) is 10.8. The van der Waals surface area contributed by atoms with Crippen LogP contribution in [0.3, 0.4) is 0 Å². The number of phenolic OH excluding ortho intramolecular Hbond substituents is 1. The molecule has 1 aromatic carbocycles. The summed E-state index contributed by atoms with van der Waals surface area (Å²) in [5.41, 5.74) is 0.783. The average Bonchev–Trinajstić information content (AvgIpc) is 3.53. The fourth-order valence-corrected chi connectivity index (χ4v) is 9.58. The quantitative estimate of drug-likeness (QED) is 0.687. The predicted octanol–water partition coefficient (Wildman–Crippen LogP) is 4.41. The van der Waals surface area contributed by atoms with Crippen molar-refractivity contribution in [3.05, 3.63) is 23.3 Å². The van der Waals surface area contributed by atoms with E-state index >= 15 is 0 Å². The molecule has 2 heterocycles. The highest BCUT2D eigenvalue weighted by Gasteiger charge is 2.82. The number of piperidine rings is 1. The molecule has 2 spiro atoms. The Hall–Kier alpha value is -1.30. The summed E-state index contributed by atoms with van der Waals surface area (Å²) in [6.07, 6.45) is 7.64. The maximum absolute atomic E-state index is 12.2. The number of aromatic hydroxyl groups is 1. The number of hydrogen-bond acceptors (Lipinski definition) is 5. The van der Waals surface area contributed by atoms with Gasteiger partial charge in [-0.3, -0.25) is 4.90 Å². The molecule has 2 N–H and O–H groups in total. The number of phenols is 1. The zero-order valence-corrected chi connectivity index (χ0v) is 21.5. The molecule has 1 aromatic rings. The monoisotopic (exact) mass is 467 g/mol. The Bertz CT molecular complexity index is 1060. The SMILES string of the molecule is CO[C@@]12CC[C@@]3(C[C@@H]1[C@@](C)(O)C(C)(C)C)[C@H]1Cc4ccc(O)c5c4[C@@]3(CCN1CC1CC1)C2O5. The van der Waals surface area contributed by atoms with Gasteiger partial charge in [0, 0.05) is 42.0 Å². The third-order valence-electron chi connectivity index (χ3n) is 11.9. The lowest BCUT2D eigenvalue weighted by molar-refractivity contribution is -0.312. The highest BCUT2D eigenvalue weighted by molar-refractivity contribution is 5.63. The third-order valence-corrected chi connectivity index (χ3v) is 11.9. The van der Waals surface area contributed by atoms with Crippen LogP contribution in [-0.2, 0) is 16.6 Å². The number of rotatable bonds is 4. The van der Waals surface area contributed by atoms with Gasteiger partial charge in [-0.25, -0.2) is 0 Å². The van der Waals surface area contributed by atoms with Crippen molar-refractivity contribution in [2.45, 2.75) is 101 Å². The summed E-state index contributed by atoms with van der Waals surface area (Å²) in [5, 5.41) is 23.2. The number of aliphatic hydroxyl groups is 1. The van der Waals surface area contributed by atoms with E-state index < -0.39 is 11.2 Å². The van der Waals surface area contributed by atoms with Crippen LogP contribution in [0, 0.1) is 22.7 Å². The molecule has 5 aliphatic carbocycles. The first kappa shape index (κ1) is 21.9. The fourth-order valence-electron chi connectivity index (χ4n) is 9.58. The molecular weight excluding hydrogens is 426 g/mol. The number of nitrogens with zero attached hydrogens (tertiary/aromatic N) is 1. The Morgan fingerprint density at radius 2 is 1.91 bits per heavy atom. The van der Waals surface area contributed by atoms with E-state index in [0.717, 1.165) is 44.6 Å². The van der Waals surface area contributed by atoms with Gasteiger partial charge in [0.05, 0.1) is 5.60 Å².